The third-order valence-corrected chi connectivity index (χ3v) is 2.55. The Morgan fingerprint density at radius 1 is 1.50 bits per heavy atom. The Morgan fingerprint density at radius 3 is 2.93 bits per heavy atom. The Labute approximate surface area is 93.8 Å². The molecule has 1 unspecified atom stereocenters. The summed E-state index contributed by atoms with van der Waals surface area (Å²) >= 11 is 3.44. The predicted octanol–water partition coefficient (Wildman–Crippen LogP) is 2.57. The third kappa shape index (κ3) is 4.22. The first-order valence-corrected chi connectivity index (χ1v) is 5.49. The van der Waals surface area contributed by atoms with Gasteiger partial charge in [0.15, 0.2) is 0 Å². The lowest BCUT2D eigenvalue weighted by Gasteiger charge is -2.10. The van der Waals surface area contributed by atoms with E-state index in [4.69, 9.17) is 4.74 Å². The van der Waals surface area contributed by atoms with Gasteiger partial charge in [-0.05, 0) is 24.6 Å². The van der Waals surface area contributed by atoms with E-state index in [1.54, 1.807) is 7.11 Å². The number of ether oxygens (including phenoxy) is 1. The monoisotopic (exact) mass is 257 g/mol. The molecule has 14 heavy (non-hydrogen) atoms. The second kappa shape index (κ2) is 6.17. The SMILES string of the molecule is COC(C)CNCc1cccc(Br)c1. The fourth-order valence-electron chi connectivity index (χ4n) is 1.15. The van der Waals surface area contributed by atoms with Crippen molar-refractivity contribution in [3.05, 3.63) is 34.3 Å². The minimum Gasteiger partial charge on any atom is -0.380 e. The average Bonchev–Trinajstić information content (AvgIpc) is 2.17. The van der Waals surface area contributed by atoms with Crippen molar-refractivity contribution in [1.29, 1.82) is 0 Å². The van der Waals surface area contributed by atoms with Gasteiger partial charge in [0, 0.05) is 24.7 Å². The lowest BCUT2D eigenvalue weighted by atomic mass is 10.2. The number of hydrogen-bond donors (Lipinski definition) is 1. The summed E-state index contributed by atoms with van der Waals surface area (Å²) in [6.07, 6.45) is 0.266. The Balaban J connectivity index is 2.31. The molecule has 0 aliphatic carbocycles. The normalized spacial score (nSPS) is 12.8. The summed E-state index contributed by atoms with van der Waals surface area (Å²) in [5.74, 6) is 0. The van der Waals surface area contributed by atoms with Crippen LogP contribution >= 0.6 is 15.9 Å². The summed E-state index contributed by atoms with van der Waals surface area (Å²) in [6.45, 7) is 3.81. The number of nitrogens with one attached hydrogen (secondary N) is 1. The molecule has 0 aliphatic rings. The average molecular weight is 258 g/mol. The topological polar surface area (TPSA) is 21.3 Å². The Kier molecular flexibility index (Phi) is 5.15. The van der Waals surface area contributed by atoms with Crippen molar-refractivity contribution >= 4 is 15.9 Å². The lowest BCUT2D eigenvalue weighted by Crippen LogP contribution is -2.25. The van der Waals surface area contributed by atoms with Crippen LogP contribution in [0.3, 0.4) is 0 Å². The maximum Gasteiger partial charge on any atom is 0.0667 e. The maximum absolute atomic E-state index is 5.14. The Morgan fingerprint density at radius 2 is 2.29 bits per heavy atom. The van der Waals surface area contributed by atoms with Gasteiger partial charge >= 0.3 is 0 Å². The van der Waals surface area contributed by atoms with Gasteiger partial charge < -0.3 is 10.1 Å². The summed E-state index contributed by atoms with van der Waals surface area (Å²) in [5, 5.41) is 3.33. The summed E-state index contributed by atoms with van der Waals surface area (Å²) in [7, 11) is 1.73. The first kappa shape index (κ1) is 11.7. The van der Waals surface area contributed by atoms with Crippen LogP contribution in [-0.2, 0) is 11.3 Å². The van der Waals surface area contributed by atoms with E-state index in [9.17, 15) is 0 Å². The van der Waals surface area contributed by atoms with Crippen LogP contribution in [0, 0.1) is 0 Å². The van der Waals surface area contributed by atoms with E-state index < -0.39 is 0 Å². The van der Waals surface area contributed by atoms with Gasteiger partial charge in [-0.15, -0.1) is 0 Å². The van der Waals surface area contributed by atoms with Crippen LogP contribution in [0.1, 0.15) is 12.5 Å². The molecule has 78 valence electrons. The van der Waals surface area contributed by atoms with Crippen LogP contribution in [-0.4, -0.2) is 19.8 Å². The zero-order valence-electron chi connectivity index (χ0n) is 8.59. The highest BCUT2D eigenvalue weighted by molar-refractivity contribution is 9.10. The minimum absolute atomic E-state index is 0.266. The van der Waals surface area contributed by atoms with E-state index in [-0.39, 0.29) is 6.10 Å². The summed E-state index contributed by atoms with van der Waals surface area (Å²) < 4.78 is 6.26. The molecule has 0 aliphatic heterocycles. The molecule has 3 heteroatoms. The molecule has 0 heterocycles. The predicted molar refractivity (Wildman–Crippen MR) is 62.3 cm³/mol. The molecule has 1 aromatic rings. The first-order chi connectivity index (χ1) is 6.72. The fraction of sp³-hybridized carbons (Fsp3) is 0.455. The molecule has 1 rings (SSSR count). The molecule has 1 N–H and O–H groups in total. The van der Waals surface area contributed by atoms with Gasteiger partial charge in [-0.1, -0.05) is 28.1 Å². The summed E-state index contributed by atoms with van der Waals surface area (Å²) in [6, 6.07) is 8.29. The Bertz CT molecular complexity index is 278. The molecule has 2 nitrogen and oxygen atoms in total. The number of methoxy groups -OCH3 is 1. The van der Waals surface area contributed by atoms with E-state index in [0.717, 1.165) is 17.6 Å². The summed E-state index contributed by atoms with van der Waals surface area (Å²) in [5.41, 5.74) is 1.28. The number of hydrogen-bond acceptors (Lipinski definition) is 2. The quantitative estimate of drug-likeness (QED) is 0.876. The molecule has 0 aromatic heterocycles. The van der Waals surface area contributed by atoms with Crippen molar-refractivity contribution in [3.63, 3.8) is 0 Å². The highest BCUT2D eigenvalue weighted by Crippen LogP contribution is 2.11. The number of benzene rings is 1. The van der Waals surface area contributed by atoms with Crippen molar-refractivity contribution in [2.75, 3.05) is 13.7 Å². The van der Waals surface area contributed by atoms with Crippen LogP contribution in [0.4, 0.5) is 0 Å². The maximum atomic E-state index is 5.14. The van der Waals surface area contributed by atoms with Crippen molar-refractivity contribution in [2.45, 2.75) is 19.6 Å². The van der Waals surface area contributed by atoms with Crippen LogP contribution < -0.4 is 5.32 Å². The first-order valence-electron chi connectivity index (χ1n) is 4.70. The van der Waals surface area contributed by atoms with Crippen molar-refractivity contribution in [1.82, 2.24) is 5.32 Å². The van der Waals surface area contributed by atoms with E-state index >= 15 is 0 Å². The largest absolute Gasteiger partial charge is 0.380 e. The van der Waals surface area contributed by atoms with Gasteiger partial charge in [-0.2, -0.15) is 0 Å². The zero-order chi connectivity index (χ0) is 10.4. The molecule has 0 spiro atoms. The number of rotatable bonds is 5. The van der Waals surface area contributed by atoms with Crippen LogP contribution in [0.5, 0.6) is 0 Å². The van der Waals surface area contributed by atoms with Gasteiger partial charge in [0.1, 0.15) is 0 Å². The highest BCUT2D eigenvalue weighted by atomic mass is 79.9. The van der Waals surface area contributed by atoms with Crippen molar-refractivity contribution < 1.29 is 4.74 Å². The molecule has 0 amide bonds. The smallest absolute Gasteiger partial charge is 0.0667 e. The molecule has 0 radical (unpaired) electrons. The fourth-order valence-corrected chi connectivity index (χ4v) is 1.60. The van der Waals surface area contributed by atoms with E-state index in [1.807, 2.05) is 19.1 Å². The third-order valence-electron chi connectivity index (χ3n) is 2.05. The molecule has 1 atom stereocenters. The van der Waals surface area contributed by atoms with E-state index in [2.05, 4.69) is 33.4 Å². The number of halogens is 1. The molecular formula is C11H16BrNO. The molecule has 0 saturated carbocycles. The van der Waals surface area contributed by atoms with Gasteiger partial charge in [-0.3, -0.25) is 0 Å². The van der Waals surface area contributed by atoms with E-state index in [0.29, 0.717) is 0 Å². The standard InChI is InChI=1S/C11H16BrNO/c1-9(14-2)7-13-8-10-4-3-5-11(12)6-10/h3-6,9,13H,7-8H2,1-2H3. The molecule has 0 saturated heterocycles. The lowest BCUT2D eigenvalue weighted by molar-refractivity contribution is 0.117. The second-order valence-electron chi connectivity index (χ2n) is 3.31. The molecule has 1 aromatic carbocycles. The van der Waals surface area contributed by atoms with Gasteiger partial charge in [0.25, 0.3) is 0 Å². The zero-order valence-corrected chi connectivity index (χ0v) is 10.2. The summed E-state index contributed by atoms with van der Waals surface area (Å²) in [4.78, 5) is 0. The van der Waals surface area contributed by atoms with E-state index in [1.165, 1.54) is 5.56 Å². The second-order valence-corrected chi connectivity index (χ2v) is 4.22. The van der Waals surface area contributed by atoms with Crippen LogP contribution in [0.2, 0.25) is 0 Å². The van der Waals surface area contributed by atoms with Crippen LogP contribution in [0.25, 0.3) is 0 Å². The molecule has 0 bridgehead atoms. The van der Waals surface area contributed by atoms with Crippen molar-refractivity contribution in [3.8, 4) is 0 Å². The van der Waals surface area contributed by atoms with Gasteiger partial charge in [0.2, 0.25) is 0 Å². The molecule has 0 fully saturated rings. The Hall–Kier alpha value is -0.380. The van der Waals surface area contributed by atoms with Crippen LogP contribution in [0.15, 0.2) is 28.7 Å². The van der Waals surface area contributed by atoms with Crippen molar-refractivity contribution in [2.24, 2.45) is 0 Å². The van der Waals surface area contributed by atoms with Gasteiger partial charge in [0.05, 0.1) is 6.10 Å². The van der Waals surface area contributed by atoms with Gasteiger partial charge in [-0.25, -0.2) is 0 Å². The highest BCUT2D eigenvalue weighted by Gasteiger charge is 1.98. The minimum atomic E-state index is 0.266. The molecular weight excluding hydrogens is 242 g/mol.